The molecule has 1 heterocycles. The molecule has 4 nitrogen and oxygen atoms in total. The monoisotopic (exact) mass is 248 g/mol. The third-order valence-electron chi connectivity index (χ3n) is 4.76. The summed E-state index contributed by atoms with van der Waals surface area (Å²) in [6.07, 6.45) is 9.32. The molecule has 0 bridgehead atoms. The second-order valence-electron chi connectivity index (χ2n) is 5.70. The van der Waals surface area contributed by atoms with Crippen molar-refractivity contribution in [3.05, 3.63) is 11.3 Å². The first-order valence-electron chi connectivity index (χ1n) is 7.04. The number of amides is 1. The zero-order chi connectivity index (χ0) is 12.6. The Balaban J connectivity index is 2.04. The van der Waals surface area contributed by atoms with Gasteiger partial charge in [0.2, 0.25) is 5.91 Å². The smallest absolute Gasteiger partial charge is 0.234 e. The molecule has 1 fully saturated rings. The molecule has 3 rings (SSSR count). The first kappa shape index (κ1) is 11.8. The van der Waals surface area contributed by atoms with Gasteiger partial charge in [-0.15, -0.1) is 0 Å². The summed E-state index contributed by atoms with van der Waals surface area (Å²) in [6.45, 7) is 0. The average Bonchev–Trinajstić information content (AvgIpc) is 2.57. The van der Waals surface area contributed by atoms with Crippen molar-refractivity contribution in [1.82, 2.24) is 5.32 Å². The summed E-state index contributed by atoms with van der Waals surface area (Å²) in [4.78, 5) is 12.4. The summed E-state index contributed by atoms with van der Waals surface area (Å²) in [6, 6.07) is 0. The van der Waals surface area contributed by atoms with Gasteiger partial charge in [0.25, 0.3) is 0 Å². The van der Waals surface area contributed by atoms with Gasteiger partial charge in [0, 0.05) is 0 Å². The highest BCUT2D eigenvalue weighted by Gasteiger charge is 2.49. The zero-order valence-corrected chi connectivity index (χ0v) is 10.7. The van der Waals surface area contributed by atoms with E-state index in [1.165, 1.54) is 12.0 Å². The number of hydrogen-bond acceptors (Lipinski definition) is 3. The lowest BCUT2D eigenvalue weighted by atomic mass is 9.68. The van der Waals surface area contributed by atoms with Gasteiger partial charge in [-0.3, -0.25) is 4.79 Å². The molecule has 0 atom stereocenters. The molecule has 0 aromatic rings. The quantitative estimate of drug-likeness (QED) is 0.511. The summed E-state index contributed by atoms with van der Waals surface area (Å²) in [7, 11) is 0. The van der Waals surface area contributed by atoms with Crippen LogP contribution in [0.2, 0.25) is 0 Å². The van der Waals surface area contributed by atoms with Gasteiger partial charge < -0.3 is 10.5 Å². The van der Waals surface area contributed by atoms with Crippen LogP contribution in [0.5, 0.6) is 0 Å². The minimum atomic E-state index is -0.270. The molecule has 1 saturated carbocycles. The van der Waals surface area contributed by atoms with Gasteiger partial charge in [-0.2, -0.15) is 0 Å². The third-order valence-corrected chi connectivity index (χ3v) is 4.76. The predicted molar refractivity (Wildman–Crippen MR) is 68.4 cm³/mol. The molecule has 1 amide bonds. The Morgan fingerprint density at radius 1 is 1.06 bits per heavy atom. The maximum Gasteiger partial charge on any atom is 0.234 e. The molecule has 4 heteroatoms. The van der Waals surface area contributed by atoms with Crippen LogP contribution in [0.3, 0.4) is 0 Å². The summed E-state index contributed by atoms with van der Waals surface area (Å²) >= 11 is 0. The van der Waals surface area contributed by atoms with Crippen LogP contribution in [-0.2, 0) is 4.79 Å². The van der Waals surface area contributed by atoms with Crippen molar-refractivity contribution >= 4 is 11.6 Å². The first-order chi connectivity index (χ1) is 8.78. The highest BCUT2D eigenvalue weighted by atomic mass is 16.4. The second kappa shape index (κ2) is 4.41. The van der Waals surface area contributed by atoms with E-state index in [1.54, 1.807) is 0 Å². The van der Waals surface area contributed by atoms with E-state index < -0.39 is 0 Å². The summed E-state index contributed by atoms with van der Waals surface area (Å²) in [5.41, 5.74) is 2.49. The second-order valence-corrected chi connectivity index (χ2v) is 5.70. The van der Waals surface area contributed by atoms with E-state index in [0.717, 1.165) is 57.1 Å². The van der Waals surface area contributed by atoms with Gasteiger partial charge in [0.05, 0.1) is 11.1 Å². The van der Waals surface area contributed by atoms with E-state index in [9.17, 15) is 4.79 Å². The average molecular weight is 248 g/mol. The highest BCUT2D eigenvalue weighted by molar-refractivity contribution is 6.08. The van der Waals surface area contributed by atoms with Crippen LogP contribution in [0.1, 0.15) is 57.8 Å². The molecule has 1 spiro atoms. The normalized spacial score (nSPS) is 29.3. The van der Waals surface area contributed by atoms with Crippen LogP contribution in [0.25, 0.3) is 0 Å². The van der Waals surface area contributed by atoms with Gasteiger partial charge in [-0.1, -0.05) is 24.4 Å². The predicted octanol–water partition coefficient (Wildman–Crippen LogP) is 2.73. The van der Waals surface area contributed by atoms with Crippen LogP contribution in [0.4, 0.5) is 0 Å². The third kappa shape index (κ3) is 1.58. The zero-order valence-electron chi connectivity index (χ0n) is 10.7. The fraction of sp³-hybridized carbons (Fsp3) is 0.714. The fourth-order valence-electron chi connectivity index (χ4n) is 3.80. The maximum atomic E-state index is 12.4. The van der Waals surface area contributed by atoms with Crippen molar-refractivity contribution in [2.75, 3.05) is 0 Å². The Morgan fingerprint density at radius 3 is 2.50 bits per heavy atom. The Labute approximate surface area is 107 Å². The van der Waals surface area contributed by atoms with Gasteiger partial charge in [0.1, 0.15) is 5.71 Å². The van der Waals surface area contributed by atoms with Crippen LogP contribution >= 0.6 is 0 Å². The molecular weight excluding hydrogens is 228 g/mol. The number of hydrogen-bond donors (Lipinski definition) is 2. The van der Waals surface area contributed by atoms with Crippen LogP contribution < -0.4 is 5.32 Å². The van der Waals surface area contributed by atoms with Crippen molar-refractivity contribution in [2.24, 2.45) is 10.6 Å². The van der Waals surface area contributed by atoms with Crippen molar-refractivity contribution in [3.8, 4) is 0 Å². The van der Waals surface area contributed by atoms with Crippen molar-refractivity contribution in [1.29, 1.82) is 0 Å². The molecule has 3 aliphatic rings. The molecule has 1 aliphatic heterocycles. The molecule has 18 heavy (non-hydrogen) atoms. The van der Waals surface area contributed by atoms with E-state index in [4.69, 9.17) is 5.21 Å². The SMILES string of the molecule is O=C1NC2=C(CCCC/C2=N\O)C12CCCCC2. The van der Waals surface area contributed by atoms with Gasteiger partial charge in [-0.25, -0.2) is 0 Å². The van der Waals surface area contributed by atoms with E-state index in [2.05, 4.69) is 10.5 Å². The summed E-state index contributed by atoms with van der Waals surface area (Å²) in [5.74, 6) is 0.148. The molecule has 0 unspecified atom stereocenters. The largest absolute Gasteiger partial charge is 0.411 e. The molecule has 0 saturated heterocycles. The van der Waals surface area contributed by atoms with Crippen LogP contribution in [0.15, 0.2) is 16.4 Å². The van der Waals surface area contributed by atoms with Crippen molar-refractivity contribution < 1.29 is 10.0 Å². The van der Waals surface area contributed by atoms with Gasteiger partial charge >= 0.3 is 0 Å². The molecule has 0 radical (unpaired) electrons. The number of allylic oxidation sites excluding steroid dienone is 1. The van der Waals surface area contributed by atoms with E-state index in [-0.39, 0.29) is 11.3 Å². The number of carbonyl (C=O) groups excluding carboxylic acids is 1. The van der Waals surface area contributed by atoms with Crippen LogP contribution in [0, 0.1) is 5.41 Å². The van der Waals surface area contributed by atoms with E-state index in [1.807, 2.05) is 0 Å². The van der Waals surface area contributed by atoms with Gasteiger partial charge in [-0.05, 0) is 44.1 Å². The van der Waals surface area contributed by atoms with E-state index >= 15 is 0 Å². The Bertz CT molecular complexity index is 431. The Morgan fingerprint density at radius 2 is 1.78 bits per heavy atom. The Kier molecular flexibility index (Phi) is 2.88. The lowest BCUT2D eigenvalue weighted by molar-refractivity contribution is -0.128. The standard InChI is InChI=1S/C14H20N2O2/c17-13-14(8-4-1-5-9-14)10-6-2-3-7-11(16-18)12(10)15-13/h18H,1-9H2,(H,15,17)/b16-11+. The summed E-state index contributed by atoms with van der Waals surface area (Å²) in [5, 5.41) is 15.6. The highest BCUT2D eigenvalue weighted by Crippen LogP contribution is 2.49. The Hall–Kier alpha value is -1.32. The lowest BCUT2D eigenvalue weighted by Crippen LogP contribution is -2.36. The number of nitrogens with zero attached hydrogens (tertiary/aromatic N) is 1. The molecule has 2 aliphatic carbocycles. The first-order valence-corrected chi connectivity index (χ1v) is 7.04. The van der Waals surface area contributed by atoms with Crippen molar-refractivity contribution in [2.45, 2.75) is 57.8 Å². The van der Waals surface area contributed by atoms with Crippen molar-refractivity contribution in [3.63, 3.8) is 0 Å². The topological polar surface area (TPSA) is 61.7 Å². The number of carbonyl (C=O) groups is 1. The molecular formula is C14H20N2O2. The van der Waals surface area contributed by atoms with E-state index in [0.29, 0.717) is 5.71 Å². The summed E-state index contributed by atoms with van der Waals surface area (Å²) < 4.78 is 0. The minimum absolute atomic E-state index is 0.148. The number of oxime groups is 1. The molecule has 2 N–H and O–H groups in total. The molecule has 0 aromatic heterocycles. The molecule has 0 aromatic carbocycles. The number of nitrogens with one attached hydrogen (secondary N) is 1. The minimum Gasteiger partial charge on any atom is -0.411 e. The van der Waals surface area contributed by atoms with Crippen LogP contribution in [-0.4, -0.2) is 16.8 Å². The fourth-order valence-corrected chi connectivity index (χ4v) is 3.80. The molecule has 98 valence electrons. The lowest BCUT2D eigenvalue weighted by Gasteiger charge is -2.33. The number of fused-ring (bicyclic) bond motifs is 1. The van der Waals surface area contributed by atoms with Gasteiger partial charge in [0.15, 0.2) is 0 Å². The number of rotatable bonds is 0. The maximum absolute atomic E-state index is 12.4.